The normalized spacial score (nSPS) is 14.6. The summed E-state index contributed by atoms with van der Waals surface area (Å²) in [6, 6.07) is 13.7. The molecule has 0 unspecified atom stereocenters. The van der Waals surface area contributed by atoms with Gasteiger partial charge in [-0.15, -0.1) is 0 Å². The largest absolute Gasteiger partial charge is 0.484 e. The first-order valence-corrected chi connectivity index (χ1v) is 12.1. The molecule has 6 nitrogen and oxygen atoms in total. The Morgan fingerprint density at radius 3 is 2.77 bits per heavy atom. The number of hydrogen-bond acceptors (Lipinski definition) is 6. The van der Waals surface area contributed by atoms with Crippen molar-refractivity contribution in [3.8, 4) is 5.75 Å². The van der Waals surface area contributed by atoms with Crippen molar-refractivity contribution in [2.75, 3.05) is 50.9 Å². The summed E-state index contributed by atoms with van der Waals surface area (Å²) in [5.41, 5.74) is 2.05. The molecule has 1 saturated heterocycles. The Hall–Kier alpha value is -2.00. The zero-order chi connectivity index (χ0) is 21.6. The number of halogens is 1. The third kappa shape index (κ3) is 6.04. The Morgan fingerprint density at radius 1 is 1.23 bits per heavy atom. The summed E-state index contributed by atoms with van der Waals surface area (Å²) >= 11 is 5.04. The number of carbonyl (C=O) groups is 1. The molecule has 0 atom stereocenters. The minimum atomic E-state index is -0.0827. The van der Waals surface area contributed by atoms with Gasteiger partial charge >= 0.3 is 0 Å². The van der Waals surface area contributed by atoms with Gasteiger partial charge in [0.25, 0.3) is 5.91 Å². The van der Waals surface area contributed by atoms with Crippen molar-refractivity contribution >= 4 is 48.5 Å². The van der Waals surface area contributed by atoms with Crippen LogP contribution in [-0.2, 0) is 9.53 Å². The van der Waals surface area contributed by atoms with E-state index in [0.29, 0.717) is 17.4 Å². The molecule has 1 aliphatic rings. The summed E-state index contributed by atoms with van der Waals surface area (Å²) in [6.07, 6.45) is 0.871. The number of thiazole rings is 1. The van der Waals surface area contributed by atoms with E-state index in [0.717, 1.165) is 59.5 Å². The number of ether oxygens (including phenoxy) is 2. The van der Waals surface area contributed by atoms with E-state index in [1.165, 1.54) is 11.3 Å². The fraction of sp³-hybridized carbons (Fsp3) is 0.391. The maximum absolute atomic E-state index is 13.1. The van der Waals surface area contributed by atoms with E-state index in [1.54, 1.807) is 4.90 Å². The van der Waals surface area contributed by atoms with Gasteiger partial charge in [0.15, 0.2) is 11.7 Å². The van der Waals surface area contributed by atoms with Crippen molar-refractivity contribution < 1.29 is 14.3 Å². The van der Waals surface area contributed by atoms with Crippen molar-refractivity contribution in [3.63, 3.8) is 0 Å². The second kappa shape index (κ2) is 10.5. The van der Waals surface area contributed by atoms with Crippen molar-refractivity contribution in [1.82, 2.24) is 9.88 Å². The van der Waals surface area contributed by atoms with Crippen LogP contribution in [-0.4, -0.2) is 61.8 Å². The van der Waals surface area contributed by atoms with Gasteiger partial charge in [0.05, 0.1) is 23.4 Å². The fourth-order valence-electron chi connectivity index (χ4n) is 3.46. The highest BCUT2D eigenvalue weighted by molar-refractivity contribution is 9.10. The lowest BCUT2D eigenvalue weighted by Crippen LogP contribution is -2.40. The van der Waals surface area contributed by atoms with Crippen LogP contribution < -0.4 is 9.64 Å². The molecule has 1 fully saturated rings. The molecule has 0 aliphatic carbocycles. The number of carbonyl (C=O) groups excluding carboxylic acids is 1. The fourth-order valence-corrected chi connectivity index (χ4v) is 5.02. The van der Waals surface area contributed by atoms with Gasteiger partial charge in [-0.05, 0) is 43.7 Å². The number of fused-ring (bicyclic) bond motifs is 1. The monoisotopic (exact) mass is 503 g/mol. The standard InChI is InChI=1S/C23H26BrN3O3S/c1-17-3-6-19(7-4-17)30-16-22(28)27(10-2-9-26-11-13-29-14-12-26)23-25-20-8-5-18(24)15-21(20)31-23/h3-8,15H,2,9-14,16H2,1H3. The predicted molar refractivity (Wildman–Crippen MR) is 128 cm³/mol. The van der Waals surface area contributed by atoms with Crippen molar-refractivity contribution in [1.29, 1.82) is 0 Å². The lowest BCUT2D eigenvalue weighted by Gasteiger charge is -2.27. The number of morpholine rings is 1. The van der Waals surface area contributed by atoms with Gasteiger partial charge in [-0.3, -0.25) is 14.6 Å². The number of hydrogen-bond donors (Lipinski definition) is 0. The summed E-state index contributed by atoms with van der Waals surface area (Å²) in [4.78, 5) is 22.0. The molecule has 0 radical (unpaired) electrons. The zero-order valence-electron chi connectivity index (χ0n) is 17.6. The van der Waals surface area contributed by atoms with Gasteiger partial charge in [-0.25, -0.2) is 4.98 Å². The maximum atomic E-state index is 13.1. The highest BCUT2D eigenvalue weighted by Crippen LogP contribution is 2.31. The van der Waals surface area contributed by atoms with Gasteiger partial charge in [0.1, 0.15) is 5.75 Å². The van der Waals surface area contributed by atoms with Crippen molar-refractivity contribution in [2.45, 2.75) is 13.3 Å². The molecule has 1 aromatic heterocycles. The molecule has 2 heterocycles. The Bertz CT molecular complexity index is 1020. The molecule has 2 aromatic carbocycles. The SMILES string of the molecule is Cc1ccc(OCC(=O)N(CCCN2CCOCC2)c2nc3ccc(Br)cc3s2)cc1. The molecule has 8 heteroatoms. The summed E-state index contributed by atoms with van der Waals surface area (Å²) in [5, 5.41) is 0.715. The van der Waals surface area contributed by atoms with Crippen LogP contribution >= 0.6 is 27.3 Å². The highest BCUT2D eigenvalue weighted by atomic mass is 79.9. The lowest BCUT2D eigenvalue weighted by atomic mass is 10.2. The molecule has 1 amide bonds. The Kier molecular flexibility index (Phi) is 7.55. The van der Waals surface area contributed by atoms with Gasteiger partial charge < -0.3 is 9.47 Å². The van der Waals surface area contributed by atoms with Crippen molar-refractivity contribution in [2.24, 2.45) is 0 Å². The molecule has 0 saturated carbocycles. The van der Waals surface area contributed by atoms with E-state index in [2.05, 4.69) is 20.8 Å². The second-order valence-corrected chi connectivity index (χ2v) is 9.49. The number of aryl methyl sites for hydroxylation is 1. The summed E-state index contributed by atoms with van der Waals surface area (Å²) in [6.45, 7) is 6.99. The van der Waals surface area contributed by atoms with E-state index in [-0.39, 0.29) is 12.5 Å². The maximum Gasteiger partial charge on any atom is 0.266 e. The zero-order valence-corrected chi connectivity index (χ0v) is 20.0. The first-order valence-electron chi connectivity index (χ1n) is 10.4. The minimum absolute atomic E-state index is 0.0137. The Labute approximate surface area is 194 Å². The van der Waals surface area contributed by atoms with E-state index in [4.69, 9.17) is 14.5 Å². The Morgan fingerprint density at radius 2 is 2.00 bits per heavy atom. The molecule has 4 rings (SSSR count). The quantitative estimate of drug-likeness (QED) is 0.452. The average molecular weight is 504 g/mol. The highest BCUT2D eigenvalue weighted by Gasteiger charge is 2.21. The van der Waals surface area contributed by atoms with Crippen LogP contribution in [0.3, 0.4) is 0 Å². The molecule has 0 bridgehead atoms. The Balaban J connectivity index is 1.46. The van der Waals surface area contributed by atoms with E-state index < -0.39 is 0 Å². The minimum Gasteiger partial charge on any atom is -0.484 e. The van der Waals surface area contributed by atoms with E-state index in [1.807, 2.05) is 49.4 Å². The van der Waals surface area contributed by atoms with Crippen molar-refractivity contribution in [3.05, 3.63) is 52.5 Å². The van der Waals surface area contributed by atoms with Crippen LogP contribution in [0.1, 0.15) is 12.0 Å². The van der Waals surface area contributed by atoms with Crippen LogP contribution in [0, 0.1) is 6.92 Å². The molecule has 0 N–H and O–H groups in total. The van der Waals surface area contributed by atoms with E-state index in [9.17, 15) is 4.79 Å². The molecule has 1 aliphatic heterocycles. The van der Waals surface area contributed by atoms with Gasteiger partial charge in [-0.1, -0.05) is 45.0 Å². The second-order valence-electron chi connectivity index (χ2n) is 7.56. The topological polar surface area (TPSA) is 54.9 Å². The number of rotatable bonds is 8. The van der Waals surface area contributed by atoms with E-state index >= 15 is 0 Å². The van der Waals surface area contributed by atoms with Crippen LogP contribution in [0.15, 0.2) is 46.9 Å². The number of aromatic nitrogens is 1. The van der Waals surface area contributed by atoms with Crippen LogP contribution in [0.2, 0.25) is 0 Å². The first kappa shape index (κ1) is 22.2. The summed E-state index contributed by atoms with van der Waals surface area (Å²) in [7, 11) is 0. The molecule has 3 aromatic rings. The van der Waals surface area contributed by atoms with Crippen LogP contribution in [0.25, 0.3) is 10.2 Å². The molecule has 0 spiro atoms. The number of benzene rings is 2. The smallest absolute Gasteiger partial charge is 0.266 e. The molecular formula is C23H26BrN3O3S. The third-order valence-corrected chi connectivity index (χ3v) is 6.75. The molecular weight excluding hydrogens is 478 g/mol. The predicted octanol–water partition coefficient (Wildman–Crippen LogP) is 4.50. The lowest BCUT2D eigenvalue weighted by molar-refractivity contribution is -0.120. The molecule has 164 valence electrons. The van der Waals surface area contributed by atoms with Crippen LogP contribution in [0.5, 0.6) is 5.75 Å². The first-order chi connectivity index (χ1) is 15.1. The van der Waals surface area contributed by atoms with Crippen LogP contribution in [0.4, 0.5) is 5.13 Å². The average Bonchev–Trinajstić information content (AvgIpc) is 3.19. The number of anilines is 1. The number of amides is 1. The van der Waals surface area contributed by atoms with Gasteiger partial charge in [0.2, 0.25) is 0 Å². The summed E-state index contributed by atoms with van der Waals surface area (Å²) < 4.78 is 13.2. The number of nitrogens with zero attached hydrogens (tertiary/aromatic N) is 3. The third-order valence-electron chi connectivity index (χ3n) is 5.21. The van der Waals surface area contributed by atoms with Gasteiger partial charge in [-0.2, -0.15) is 0 Å². The summed E-state index contributed by atoms with van der Waals surface area (Å²) in [5.74, 6) is 0.612. The molecule has 31 heavy (non-hydrogen) atoms. The van der Waals surface area contributed by atoms with Gasteiger partial charge in [0, 0.05) is 30.7 Å².